The number of guanidine groups is 1. The molecule has 0 bridgehead atoms. The van der Waals surface area contributed by atoms with Gasteiger partial charge in [0.25, 0.3) is 0 Å². The van der Waals surface area contributed by atoms with Crippen molar-refractivity contribution in [3.8, 4) is 5.75 Å². The van der Waals surface area contributed by atoms with Gasteiger partial charge in [-0.1, -0.05) is 0 Å². The van der Waals surface area contributed by atoms with Crippen LogP contribution in [-0.4, -0.2) is 25.3 Å². The molecule has 1 aliphatic carbocycles. The van der Waals surface area contributed by atoms with Crippen molar-refractivity contribution in [3.63, 3.8) is 0 Å². The molecule has 3 rings (SSSR count). The minimum Gasteiger partial charge on any atom is -0.467 e. The van der Waals surface area contributed by atoms with Crippen LogP contribution in [0, 0.1) is 5.82 Å². The second kappa shape index (κ2) is 6.30. The van der Waals surface area contributed by atoms with E-state index in [4.69, 9.17) is 9.47 Å². The summed E-state index contributed by atoms with van der Waals surface area (Å²) in [5.74, 6) is 1.19. The first-order valence-corrected chi connectivity index (χ1v) is 7.33. The lowest BCUT2D eigenvalue weighted by Crippen LogP contribution is -2.38. The minimum absolute atomic E-state index is 0.204. The molecule has 114 valence electrons. The molecule has 0 spiro atoms. The van der Waals surface area contributed by atoms with Gasteiger partial charge in [0.15, 0.2) is 12.8 Å². The summed E-state index contributed by atoms with van der Waals surface area (Å²) in [6, 6.07) is 3.46. The Kier molecular flexibility index (Phi) is 4.24. The van der Waals surface area contributed by atoms with Gasteiger partial charge in [0.1, 0.15) is 11.6 Å². The van der Waals surface area contributed by atoms with Crippen molar-refractivity contribution >= 4 is 5.96 Å². The summed E-state index contributed by atoms with van der Waals surface area (Å²) in [6.07, 6.45) is 2.36. The van der Waals surface area contributed by atoms with Crippen LogP contribution in [-0.2, 0) is 17.9 Å². The summed E-state index contributed by atoms with van der Waals surface area (Å²) in [6.45, 7) is 3.78. The van der Waals surface area contributed by atoms with Gasteiger partial charge in [-0.2, -0.15) is 0 Å². The minimum atomic E-state index is -0.284. The molecular weight excluding hydrogens is 273 g/mol. The van der Waals surface area contributed by atoms with Crippen LogP contribution >= 0.6 is 0 Å². The van der Waals surface area contributed by atoms with Crippen LogP contribution in [0.5, 0.6) is 5.75 Å². The zero-order valence-electron chi connectivity index (χ0n) is 12.1. The number of hydrogen-bond acceptors (Lipinski definition) is 3. The van der Waals surface area contributed by atoms with Crippen LogP contribution < -0.4 is 15.4 Å². The monoisotopic (exact) mass is 293 g/mol. The Morgan fingerprint density at radius 2 is 2.29 bits per heavy atom. The molecule has 0 atom stereocenters. The van der Waals surface area contributed by atoms with Gasteiger partial charge in [-0.05, 0) is 31.9 Å². The molecule has 0 aromatic heterocycles. The van der Waals surface area contributed by atoms with Gasteiger partial charge in [-0.25, -0.2) is 9.38 Å². The standard InChI is InChI=1S/C15H20FN3O2/c1-2-17-15(19-13-3-4-13)18-7-10-5-12(16)6-11-8-20-9-21-14(10)11/h5-6,13H,2-4,7-9H2,1H3,(H2,17,18,19). The van der Waals surface area contributed by atoms with Crippen LogP contribution in [0.2, 0.25) is 0 Å². The van der Waals surface area contributed by atoms with Gasteiger partial charge in [-0.15, -0.1) is 0 Å². The highest BCUT2D eigenvalue weighted by molar-refractivity contribution is 5.80. The van der Waals surface area contributed by atoms with E-state index in [0.717, 1.165) is 23.6 Å². The van der Waals surface area contributed by atoms with Crippen molar-refractivity contribution < 1.29 is 13.9 Å². The largest absolute Gasteiger partial charge is 0.467 e. The topological polar surface area (TPSA) is 54.9 Å². The molecule has 1 aromatic rings. The van der Waals surface area contributed by atoms with Crippen LogP contribution in [0.15, 0.2) is 17.1 Å². The summed E-state index contributed by atoms with van der Waals surface area (Å²) in [5, 5.41) is 6.53. The second-order valence-electron chi connectivity index (χ2n) is 5.28. The number of hydrogen-bond donors (Lipinski definition) is 2. The molecule has 1 heterocycles. The van der Waals surface area contributed by atoms with Gasteiger partial charge in [0, 0.05) is 23.7 Å². The predicted molar refractivity (Wildman–Crippen MR) is 77.7 cm³/mol. The van der Waals surface area contributed by atoms with Gasteiger partial charge in [0.2, 0.25) is 0 Å². The number of nitrogens with one attached hydrogen (secondary N) is 2. The average molecular weight is 293 g/mol. The average Bonchev–Trinajstić information content (AvgIpc) is 3.28. The van der Waals surface area contributed by atoms with Crippen molar-refractivity contribution in [2.45, 2.75) is 39.0 Å². The lowest BCUT2D eigenvalue weighted by molar-refractivity contribution is -0.0172. The highest BCUT2D eigenvalue weighted by Gasteiger charge is 2.22. The Labute approximate surface area is 123 Å². The molecule has 5 nitrogen and oxygen atoms in total. The van der Waals surface area contributed by atoms with Crippen molar-refractivity contribution in [2.75, 3.05) is 13.3 Å². The maximum absolute atomic E-state index is 13.7. The summed E-state index contributed by atoms with van der Waals surface area (Å²) >= 11 is 0. The Balaban J connectivity index is 1.77. The molecule has 1 aromatic carbocycles. The third-order valence-corrected chi connectivity index (χ3v) is 3.42. The fourth-order valence-electron chi connectivity index (χ4n) is 2.28. The SMILES string of the molecule is CCNC(=NCc1cc(F)cc2c1OCOC2)NC1CC1. The summed E-state index contributed by atoms with van der Waals surface area (Å²) in [5.41, 5.74) is 1.49. The Morgan fingerprint density at radius 3 is 3.05 bits per heavy atom. The van der Waals surface area contributed by atoms with Gasteiger partial charge < -0.3 is 20.1 Å². The molecule has 0 amide bonds. The summed E-state index contributed by atoms with van der Waals surface area (Å²) in [7, 11) is 0. The van der Waals surface area contributed by atoms with Crippen molar-refractivity contribution in [1.82, 2.24) is 10.6 Å². The molecule has 2 aliphatic rings. The van der Waals surface area contributed by atoms with Gasteiger partial charge in [-0.3, -0.25) is 0 Å². The molecule has 6 heteroatoms. The fraction of sp³-hybridized carbons (Fsp3) is 0.533. The molecule has 1 aliphatic heterocycles. The molecule has 0 saturated heterocycles. The zero-order valence-corrected chi connectivity index (χ0v) is 12.1. The molecule has 1 fully saturated rings. The number of benzene rings is 1. The Bertz CT molecular complexity index is 544. The third kappa shape index (κ3) is 3.64. The van der Waals surface area contributed by atoms with Crippen LogP contribution in [0.3, 0.4) is 0 Å². The van der Waals surface area contributed by atoms with E-state index in [1.807, 2.05) is 6.92 Å². The van der Waals surface area contributed by atoms with E-state index in [0.29, 0.717) is 24.9 Å². The first kappa shape index (κ1) is 14.1. The van der Waals surface area contributed by atoms with Crippen molar-refractivity contribution in [1.29, 1.82) is 0 Å². The number of fused-ring (bicyclic) bond motifs is 1. The van der Waals surface area contributed by atoms with E-state index in [9.17, 15) is 4.39 Å². The number of rotatable bonds is 4. The molecular formula is C15H20FN3O2. The summed E-state index contributed by atoms with van der Waals surface area (Å²) in [4.78, 5) is 4.52. The van der Waals surface area contributed by atoms with E-state index in [-0.39, 0.29) is 12.6 Å². The highest BCUT2D eigenvalue weighted by Crippen LogP contribution is 2.30. The smallest absolute Gasteiger partial charge is 0.191 e. The van der Waals surface area contributed by atoms with E-state index >= 15 is 0 Å². The second-order valence-corrected chi connectivity index (χ2v) is 5.28. The fourth-order valence-corrected chi connectivity index (χ4v) is 2.28. The van der Waals surface area contributed by atoms with Gasteiger partial charge >= 0.3 is 0 Å². The van der Waals surface area contributed by atoms with E-state index < -0.39 is 0 Å². The van der Waals surface area contributed by atoms with Crippen LogP contribution in [0.25, 0.3) is 0 Å². The van der Waals surface area contributed by atoms with E-state index in [1.165, 1.54) is 25.0 Å². The Morgan fingerprint density at radius 1 is 1.43 bits per heavy atom. The first-order valence-electron chi connectivity index (χ1n) is 7.33. The number of ether oxygens (including phenoxy) is 2. The van der Waals surface area contributed by atoms with Crippen LogP contribution in [0.4, 0.5) is 4.39 Å². The molecule has 0 radical (unpaired) electrons. The predicted octanol–water partition coefficient (Wildman–Crippen LogP) is 1.91. The Hall–Kier alpha value is -1.82. The van der Waals surface area contributed by atoms with Gasteiger partial charge in [0.05, 0.1) is 13.2 Å². The number of halogens is 1. The molecule has 2 N–H and O–H groups in total. The molecule has 21 heavy (non-hydrogen) atoms. The first-order chi connectivity index (χ1) is 10.3. The quantitative estimate of drug-likeness (QED) is 0.658. The van der Waals surface area contributed by atoms with E-state index in [1.54, 1.807) is 0 Å². The van der Waals surface area contributed by atoms with Crippen molar-refractivity contribution in [2.24, 2.45) is 4.99 Å². The number of nitrogens with zero attached hydrogens (tertiary/aromatic N) is 1. The normalized spacial score (nSPS) is 17.9. The molecule has 1 saturated carbocycles. The maximum atomic E-state index is 13.7. The summed E-state index contributed by atoms with van der Waals surface area (Å²) < 4.78 is 24.3. The zero-order chi connectivity index (χ0) is 14.7. The maximum Gasteiger partial charge on any atom is 0.191 e. The molecule has 0 unspecified atom stereocenters. The van der Waals surface area contributed by atoms with E-state index in [2.05, 4.69) is 15.6 Å². The highest BCUT2D eigenvalue weighted by atomic mass is 19.1. The number of aliphatic imine (C=N–C) groups is 1. The third-order valence-electron chi connectivity index (χ3n) is 3.42. The van der Waals surface area contributed by atoms with Crippen LogP contribution in [0.1, 0.15) is 30.9 Å². The lowest BCUT2D eigenvalue weighted by Gasteiger charge is -2.20. The lowest BCUT2D eigenvalue weighted by atomic mass is 10.1. The van der Waals surface area contributed by atoms with Crippen molar-refractivity contribution in [3.05, 3.63) is 29.1 Å².